The lowest BCUT2D eigenvalue weighted by Gasteiger charge is -2.11. The number of allylic oxidation sites excluding steroid dienone is 5. The first-order valence-electron chi connectivity index (χ1n) is 9.18. The predicted molar refractivity (Wildman–Crippen MR) is 115 cm³/mol. The zero-order valence-corrected chi connectivity index (χ0v) is 17.1. The third kappa shape index (κ3) is 4.56. The van der Waals surface area contributed by atoms with Crippen LogP contribution in [-0.2, 0) is 6.42 Å². The number of benzene rings is 2. The van der Waals surface area contributed by atoms with E-state index in [9.17, 15) is 0 Å². The molecule has 26 heavy (non-hydrogen) atoms. The van der Waals surface area contributed by atoms with Gasteiger partial charge in [-0.3, -0.25) is 0 Å². The van der Waals surface area contributed by atoms with Crippen LogP contribution in [0.3, 0.4) is 0 Å². The Morgan fingerprint density at radius 1 is 1.12 bits per heavy atom. The Bertz CT molecular complexity index is 858. The third-order valence-electron chi connectivity index (χ3n) is 4.72. The Morgan fingerprint density at radius 3 is 2.77 bits per heavy atom. The molecule has 0 bridgehead atoms. The fourth-order valence-electron chi connectivity index (χ4n) is 3.39. The Labute approximate surface area is 165 Å². The minimum atomic E-state index is 0.902. The summed E-state index contributed by atoms with van der Waals surface area (Å²) in [5.74, 6) is 0.902. The average molecular weight is 409 g/mol. The molecule has 0 aliphatic heterocycles. The van der Waals surface area contributed by atoms with E-state index in [0.717, 1.165) is 41.5 Å². The molecule has 3 rings (SSSR count). The predicted octanol–water partition coefficient (Wildman–Crippen LogP) is 7.23. The second kappa shape index (κ2) is 9.05. The van der Waals surface area contributed by atoms with Gasteiger partial charge in [0, 0.05) is 10.0 Å². The highest BCUT2D eigenvalue weighted by Gasteiger charge is 2.15. The summed E-state index contributed by atoms with van der Waals surface area (Å²) < 4.78 is 6.64. The van der Waals surface area contributed by atoms with Crippen LogP contribution in [0.15, 0.2) is 70.7 Å². The van der Waals surface area contributed by atoms with Gasteiger partial charge in [0.1, 0.15) is 5.75 Å². The molecule has 1 aliphatic carbocycles. The molecule has 0 fully saturated rings. The summed E-state index contributed by atoms with van der Waals surface area (Å²) in [4.78, 5) is 0. The van der Waals surface area contributed by atoms with Crippen LogP contribution in [0.25, 0.3) is 11.6 Å². The molecule has 2 aromatic rings. The molecule has 1 aliphatic rings. The third-order valence-corrected chi connectivity index (χ3v) is 5.21. The number of hydrogen-bond acceptors (Lipinski definition) is 1. The number of fused-ring (bicyclic) bond motifs is 1. The maximum absolute atomic E-state index is 5.58. The molecule has 0 saturated heterocycles. The number of aryl methyl sites for hydroxylation is 1. The van der Waals surface area contributed by atoms with Crippen molar-refractivity contribution in [1.29, 1.82) is 0 Å². The van der Waals surface area contributed by atoms with E-state index in [-0.39, 0.29) is 0 Å². The van der Waals surface area contributed by atoms with Gasteiger partial charge in [-0.05, 0) is 66.7 Å². The van der Waals surface area contributed by atoms with Crippen molar-refractivity contribution in [2.45, 2.75) is 32.6 Å². The van der Waals surface area contributed by atoms with Crippen LogP contribution in [0, 0.1) is 0 Å². The highest BCUT2D eigenvalue weighted by molar-refractivity contribution is 9.10. The molecule has 1 nitrogen and oxygen atoms in total. The number of halogens is 1. The highest BCUT2D eigenvalue weighted by atomic mass is 79.9. The lowest BCUT2D eigenvalue weighted by molar-refractivity contribution is 0.414. The molecule has 0 atom stereocenters. The van der Waals surface area contributed by atoms with Gasteiger partial charge in [0.25, 0.3) is 0 Å². The summed E-state index contributed by atoms with van der Waals surface area (Å²) in [7, 11) is 1.73. The monoisotopic (exact) mass is 408 g/mol. The van der Waals surface area contributed by atoms with Crippen LogP contribution in [0.2, 0.25) is 0 Å². The van der Waals surface area contributed by atoms with Crippen LogP contribution in [-0.4, -0.2) is 7.11 Å². The van der Waals surface area contributed by atoms with Crippen molar-refractivity contribution < 1.29 is 4.74 Å². The van der Waals surface area contributed by atoms with E-state index in [1.807, 2.05) is 12.1 Å². The minimum Gasteiger partial charge on any atom is -0.496 e. The van der Waals surface area contributed by atoms with Gasteiger partial charge in [-0.2, -0.15) is 0 Å². The highest BCUT2D eigenvalue weighted by Crippen LogP contribution is 2.36. The summed E-state index contributed by atoms with van der Waals surface area (Å²) >= 11 is 3.59. The van der Waals surface area contributed by atoms with Crippen molar-refractivity contribution in [2.75, 3.05) is 7.11 Å². The normalized spacial score (nSPS) is 17.5. The van der Waals surface area contributed by atoms with Crippen molar-refractivity contribution in [1.82, 2.24) is 0 Å². The first kappa shape index (κ1) is 18.7. The van der Waals surface area contributed by atoms with Gasteiger partial charge >= 0.3 is 0 Å². The molecule has 0 heterocycles. The molecule has 0 N–H and O–H groups in total. The van der Waals surface area contributed by atoms with Crippen molar-refractivity contribution in [2.24, 2.45) is 0 Å². The summed E-state index contributed by atoms with van der Waals surface area (Å²) in [5.41, 5.74) is 6.72. The molecular weight excluding hydrogens is 384 g/mol. The Kier molecular flexibility index (Phi) is 6.51. The zero-order valence-electron chi connectivity index (χ0n) is 15.5. The van der Waals surface area contributed by atoms with Crippen LogP contribution in [0.1, 0.15) is 42.9 Å². The number of ether oxygens (including phenoxy) is 1. The fraction of sp³-hybridized carbons (Fsp3) is 0.250. The van der Waals surface area contributed by atoms with Gasteiger partial charge in [-0.15, -0.1) is 0 Å². The van der Waals surface area contributed by atoms with Gasteiger partial charge in [-0.25, -0.2) is 0 Å². The molecule has 0 spiro atoms. The van der Waals surface area contributed by atoms with Crippen molar-refractivity contribution >= 4 is 27.6 Å². The zero-order chi connectivity index (χ0) is 18.4. The first-order valence-corrected chi connectivity index (χ1v) is 9.97. The van der Waals surface area contributed by atoms with E-state index >= 15 is 0 Å². The van der Waals surface area contributed by atoms with Crippen molar-refractivity contribution in [3.05, 3.63) is 87.4 Å². The second-order valence-corrected chi connectivity index (χ2v) is 7.47. The van der Waals surface area contributed by atoms with E-state index in [1.165, 1.54) is 22.3 Å². The van der Waals surface area contributed by atoms with E-state index in [2.05, 4.69) is 77.5 Å². The summed E-state index contributed by atoms with van der Waals surface area (Å²) in [6.07, 6.45) is 13.2. The summed E-state index contributed by atoms with van der Waals surface area (Å²) in [6.45, 7) is 2.17. The number of rotatable bonds is 4. The molecule has 0 radical (unpaired) electrons. The Balaban J connectivity index is 2.07. The summed E-state index contributed by atoms with van der Waals surface area (Å²) in [5, 5.41) is 0. The first-order chi connectivity index (χ1) is 12.7. The molecule has 0 saturated carbocycles. The van der Waals surface area contributed by atoms with E-state index in [4.69, 9.17) is 4.74 Å². The maximum Gasteiger partial charge on any atom is 0.126 e. The largest absolute Gasteiger partial charge is 0.496 e. The Morgan fingerprint density at radius 2 is 1.96 bits per heavy atom. The molecule has 2 heteroatoms. The molecule has 134 valence electrons. The quantitative estimate of drug-likeness (QED) is 0.484. The minimum absolute atomic E-state index is 0.902. The second-order valence-electron chi connectivity index (χ2n) is 6.55. The van der Waals surface area contributed by atoms with E-state index in [0.29, 0.717) is 0 Å². The SMILES string of the molecule is CC/C=C\C=C1\CCc2ccccc2/C(=C/c2cc(Br)ccc2OC)C1. The smallest absolute Gasteiger partial charge is 0.126 e. The van der Waals surface area contributed by atoms with Crippen LogP contribution in [0.5, 0.6) is 5.75 Å². The van der Waals surface area contributed by atoms with Gasteiger partial charge in [0.15, 0.2) is 0 Å². The molecule has 0 unspecified atom stereocenters. The molecule has 2 aromatic carbocycles. The topological polar surface area (TPSA) is 9.23 Å². The molecular formula is C24H25BrO. The van der Waals surface area contributed by atoms with Gasteiger partial charge in [0.2, 0.25) is 0 Å². The number of methoxy groups -OCH3 is 1. The lowest BCUT2D eigenvalue weighted by Crippen LogP contribution is -1.91. The lowest BCUT2D eigenvalue weighted by atomic mass is 9.95. The van der Waals surface area contributed by atoms with Gasteiger partial charge < -0.3 is 4.74 Å². The number of hydrogen-bond donors (Lipinski definition) is 0. The van der Waals surface area contributed by atoms with Gasteiger partial charge in [0.05, 0.1) is 7.11 Å². The fourth-order valence-corrected chi connectivity index (χ4v) is 3.77. The molecule has 0 aromatic heterocycles. The van der Waals surface area contributed by atoms with Crippen molar-refractivity contribution in [3.8, 4) is 5.75 Å². The van der Waals surface area contributed by atoms with Gasteiger partial charge in [-0.1, -0.05) is 70.9 Å². The van der Waals surface area contributed by atoms with Crippen LogP contribution < -0.4 is 4.74 Å². The molecule has 0 amide bonds. The average Bonchev–Trinajstić information content (AvgIpc) is 2.82. The summed E-state index contributed by atoms with van der Waals surface area (Å²) in [6, 6.07) is 14.9. The maximum atomic E-state index is 5.58. The van der Waals surface area contributed by atoms with E-state index in [1.54, 1.807) is 7.11 Å². The Hall–Kier alpha value is -2.06. The van der Waals surface area contributed by atoms with Crippen LogP contribution >= 0.6 is 15.9 Å². The van der Waals surface area contributed by atoms with Crippen molar-refractivity contribution in [3.63, 3.8) is 0 Å². The van der Waals surface area contributed by atoms with E-state index < -0.39 is 0 Å². The standard InChI is InChI=1S/C24H25BrO/c1-3-4-5-8-18-11-12-19-9-6-7-10-23(19)20(15-18)16-21-17-22(25)13-14-24(21)26-2/h4-10,13-14,16-17H,3,11-12,15H2,1-2H3/b5-4-,18-8-,20-16+. The van der Waals surface area contributed by atoms with Crippen LogP contribution in [0.4, 0.5) is 0 Å².